The minimum absolute atomic E-state index is 0.0564. The molecule has 0 aliphatic carbocycles. The second-order valence-electron chi connectivity index (χ2n) is 5.66. The number of thiocarbonyl (C=S) groups is 1. The van der Waals surface area contributed by atoms with Crippen LogP contribution in [0.1, 0.15) is 58.3 Å². The van der Waals surface area contributed by atoms with Gasteiger partial charge in [0, 0.05) is 24.4 Å². The van der Waals surface area contributed by atoms with Crippen molar-refractivity contribution >= 4 is 28.7 Å². The average molecular weight is 337 g/mol. The van der Waals surface area contributed by atoms with Crippen LogP contribution in [-0.4, -0.2) is 16.6 Å². The molecule has 23 heavy (non-hydrogen) atoms. The van der Waals surface area contributed by atoms with Crippen LogP contribution in [0.3, 0.4) is 0 Å². The van der Waals surface area contributed by atoms with E-state index in [4.69, 9.17) is 12.2 Å². The number of anilines is 1. The molecule has 128 valence electrons. The standard InChI is InChI=1S/C17H27N3O2S/c1-2-3-4-5-6-7-8-9-13-18-17(23)19-15-11-10-12-16(14-15)20(21)22/h10-12,14H,2-9,13H2,1H3,(H2,18,19,23). The van der Waals surface area contributed by atoms with E-state index in [2.05, 4.69) is 17.6 Å². The van der Waals surface area contributed by atoms with Gasteiger partial charge in [-0.1, -0.05) is 57.9 Å². The van der Waals surface area contributed by atoms with Gasteiger partial charge in [0.2, 0.25) is 0 Å². The molecule has 0 aromatic heterocycles. The Morgan fingerprint density at radius 1 is 1.13 bits per heavy atom. The Morgan fingerprint density at radius 2 is 1.78 bits per heavy atom. The maximum absolute atomic E-state index is 10.7. The van der Waals surface area contributed by atoms with Gasteiger partial charge in [-0.3, -0.25) is 10.1 Å². The van der Waals surface area contributed by atoms with Gasteiger partial charge >= 0.3 is 0 Å². The number of hydrogen-bond donors (Lipinski definition) is 2. The Hall–Kier alpha value is -1.69. The molecule has 0 atom stereocenters. The molecular weight excluding hydrogens is 310 g/mol. The number of rotatable bonds is 11. The number of nitrogens with zero attached hydrogens (tertiary/aromatic N) is 1. The normalized spacial score (nSPS) is 10.3. The summed E-state index contributed by atoms with van der Waals surface area (Å²) in [6, 6.07) is 6.34. The molecule has 0 aliphatic rings. The van der Waals surface area contributed by atoms with E-state index in [-0.39, 0.29) is 5.69 Å². The van der Waals surface area contributed by atoms with Gasteiger partial charge in [0.05, 0.1) is 4.92 Å². The molecule has 0 heterocycles. The Balaban J connectivity index is 2.11. The van der Waals surface area contributed by atoms with Crippen LogP contribution in [-0.2, 0) is 0 Å². The molecule has 0 unspecified atom stereocenters. The number of unbranched alkanes of at least 4 members (excludes halogenated alkanes) is 7. The Labute approximate surface area is 144 Å². The molecule has 6 heteroatoms. The zero-order valence-corrected chi connectivity index (χ0v) is 14.7. The van der Waals surface area contributed by atoms with E-state index in [9.17, 15) is 10.1 Å². The van der Waals surface area contributed by atoms with Crippen LogP contribution >= 0.6 is 12.2 Å². The van der Waals surface area contributed by atoms with Crippen LogP contribution in [0.25, 0.3) is 0 Å². The van der Waals surface area contributed by atoms with Crippen LogP contribution in [0.2, 0.25) is 0 Å². The van der Waals surface area contributed by atoms with Crippen molar-refractivity contribution in [3.63, 3.8) is 0 Å². The van der Waals surface area contributed by atoms with Crippen molar-refractivity contribution in [2.75, 3.05) is 11.9 Å². The van der Waals surface area contributed by atoms with Crippen LogP contribution in [0, 0.1) is 10.1 Å². The summed E-state index contributed by atoms with van der Waals surface area (Å²) in [5, 5.41) is 17.4. The Bertz CT molecular complexity index is 494. The number of benzene rings is 1. The molecule has 1 rings (SSSR count). The summed E-state index contributed by atoms with van der Waals surface area (Å²) in [5.74, 6) is 0. The summed E-state index contributed by atoms with van der Waals surface area (Å²) in [7, 11) is 0. The fraction of sp³-hybridized carbons (Fsp3) is 0.588. The SMILES string of the molecule is CCCCCCCCCCNC(=S)Nc1cccc([N+](=O)[O-])c1. The van der Waals surface area contributed by atoms with Crippen molar-refractivity contribution in [1.29, 1.82) is 0 Å². The molecule has 5 nitrogen and oxygen atoms in total. The van der Waals surface area contributed by atoms with Gasteiger partial charge < -0.3 is 10.6 Å². The van der Waals surface area contributed by atoms with Gasteiger partial charge in [0.1, 0.15) is 0 Å². The lowest BCUT2D eigenvalue weighted by Gasteiger charge is -2.10. The van der Waals surface area contributed by atoms with Crippen LogP contribution in [0.4, 0.5) is 11.4 Å². The molecule has 0 amide bonds. The topological polar surface area (TPSA) is 67.2 Å². The van der Waals surface area contributed by atoms with Gasteiger partial charge in [0.25, 0.3) is 5.69 Å². The first kappa shape index (κ1) is 19.4. The van der Waals surface area contributed by atoms with E-state index in [1.165, 1.54) is 57.1 Å². The number of hydrogen-bond acceptors (Lipinski definition) is 3. The molecule has 0 saturated heterocycles. The molecule has 2 N–H and O–H groups in total. The molecule has 0 bridgehead atoms. The number of nitro benzene ring substituents is 1. The lowest BCUT2D eigenvalue weighted by Crippen LogP contribution is -2.29. The van der Waals surface area contributed by atoms with Crippen LogP contribution < -0.4 is 10.6 Å². The summed E-state index contributed by atoms with van der Waals surface area (Å²) in [5.41, 5.74) is 0.688. The summed E-state index contributed by atoms with van der Waals surface area (Å²) < 4.78 is 0. The van der Waals surface area contributed by atoms with Crippen molar-refractivity contribution in [1.82, 2.24) is 5.32 Å². The van der Waals surface area contributed by atoms with Crippen molar-refractivity contribution in [3.8, 4) is 0 Å². The Kier molecular flexibility index (Phi) is 9.95. The predicted octanol–water partition coefficient (Wildman–Crippen LogP) is 5.02. The summed E-state index contributed by atoms with van der Waals surface area (Å²) in [6.07, 6.45) is 10.2. The summed E-state index contributed by atoms with van der Waals surface area (Å²) in [4.78, 5) is 10.3. The molecule has 0 aliphatic heterocycles. The highest BCUT2D eigenvalue weighted by Gasteiger charge is 2.06. The number of nitrogens with one attached hydrogen (secondary N) is 2. The fourth-order valence-electron chi connectivity index (χ4n) is 2.33. The van der Waals surface area contributed by atoms with E-state index in [0.717, 1.165) is 13.0 Å². The largest absolute Gasteiger partial charge is 0.362 e. The minimum Gasteiger partial charge on any atom is -0.362 e. The first-order valence-electron chi connectivity index (χ1n) is 8.42. The predicted molar refractivity (Wildman–Crippen MR) is 99.9 cm³/mol. The van der Waals surface area contributed by atoms with E-state index in [1.54, 1.807) is 12.1 Å². The van der Waals surface area contributed by atoms with Crippen molar-refractivity contribution in [3.05, 3.63) is 34.4 Å². The van der Waals surface area contributed by atoms with Gasteiger partial charge in [-0.15, -0.1) is 0 Å². The lowest BCUT2D eigenvalue weighted by molar-refractivity contribution is -0.384. The van der Waals surface area contributed by atoms with Crippen molar-refractivity contribution in [2.24, 2.45) is 0 Å². The summed E-state index contributed by atoms with van der Waals surface area (Å²) >= 11 is 5.20. The van der Waals surface area contributed by atoms with E-state index >= 15 is 0 Å². The zero-order chi connectivity index (χ0) is 16.9. The van der Waals surface area contributed by atoms with Gasteiger partial charge in [-0.05, 0) is 24.7 Å². The van der Waals surface area contributed by atoms with Gasteiger partial charge in [-0.25, -0.2) is 0 Å². The molecule has 1 aromatic rings. The third-order valence-electron chi connectivity index (χ3n) is 3.63. The van der Waals surface area contributed by atoms with E-state index < -0.39 is 4.92 Å². The highest BCUT2D eigenvalue weighted by Crippen LogP contribution is 2.16. The average Bonchev–Trinajstić information content (AvgIpc) is 2.53. The second-order valence-corrected chi connectivity index (χ2v) is 6.07. The van der Waals surface area contributed by atoms with E-state index in [0.29, 0.717) is 10.8 Å². The zero-order valence-electron chi connectivity index (χ0n) is 13.8. The molecule has 0 fully saturated rings. The van der Waals surface area contributed by atoms with Gasteiger partial charge in [0.15, 0.2) is 5.11 Å². The fourth-order valence-corrected chi connectivity index (χ4v) is 2.55. The van der Waals surface area contributed by atoms with Crippen molar-refractivity contribution < 1.29 is 4.92 Å². The maximum Gasteiger partial charge on any atom is 0.271 e. The van der Waals surface area contributed by atoms with Gasteiger partial charge in [-0.2, -0.15) is 0 Å². The second kappa shape index (κ2) is 11.8. The summed E-state index contributed by atoms with van der Waals surface area (Å²) in [6.45, 7) is 3.06. The minimum atomic E-state index is -0.415. The maximum atomic E-state index is 10.7. The van der Waals surface area contributed by atoms with Crippen LogP contribution in [0.5, 0.6) is 0 Å². The van der Waals surface area contributed by atoms with E-state index in [1.807, 2.05) is 0 Å². The third kappa shape index (κ3) is 9.13. The van der Waals surface area contributed by atoms with Crippen molar-refractivity contribution in [2.45, 2.75) is 58.3 Å². The molecular formula is C17H27N3O2S. The Morgan fingerprint density at radius 3 is 2.43 bits per heavy atom. The monoisotopic (exact) mass is 337 g/mol. The molecule has 0 saturated carbocycles. The number of non-ortho nitro benzene ring substituents is 1. The van der Waals surface area contributed by atoms with Crippen LogP contribution in [0.15, 0.2) is 24.3 Å². The first-order chi connectivity index (χ1) is 11.1. The highest BCUT2D eigenvalue weighted by molar-refractivity contribution is 7.80. The molecule has 0 spiro atoms. The highest BCUT2D eigenvalue weighted by atomic mass is 32.1. The third-order valence-corrected chi connectivity index (χ3v) is 3.88. The first-order valence-corrected chi connectivity index (χ1v) is 8.83. The quantitative estimate of drug-likeness (QED) is 0.257. The molecule has 1 aromatic carbocycles. The number of nitro groups is 1. The smallest absolute Gasteiger partial charge is 0.271 e. The lowest BCUT2D eigenvalue weighted by atomic mass is 10.1. The molecule has 0 radical (unpaired) electrons.